The lowest BCUT2D eigenvalue weighted by Crippen LogP contribution is -2.42. The first-order chi connectivity index (χ1) is 18.4. The largest absolute Gasteiger partial charge is 0.497 e. The van der Waals surface area contributed by atoms with Crippen LogP contribution in [0.1, 0.15) is 30.5 Å². The van der Waals surface area contributed by atoms with Gasteiger partial charge in [-0.3, -0.25) is 14.5 Å². The lowest BCUT2D eigenvalue weighted by atomic mass is 9.93. The zero-order valence-corrected chi connectivity index (χ0v) is 21.6. The quantitative estimate of drug-likeness (QED) is 0.282. The minimum Gasteiger partial charge on any atom is -0.497 e. The second-order valence-corrected chi connectivity index (χ2v) is 8.63. The molecule has 3 aromatic rings. The van der Waals surface area contributed by atoms with Crippen LogP contribution in [0.4, 0.5) is 0 Å². The Kier molecular flexibility index (Phi) is 8.24. The third-order valence-corrected chi connectivity index (χ3v) is 6.14. The summed E-state index contributed by atoms with van der Waals surface area (Å²) in [5.41, 5.74) is 3.00. The van der Waals surface area contributed by atoms with Gasteiger partial charge in [-0.2, -0.15) is 5.26 Å². The summed E-state index contributed by atoms with van der Waals surface area (Å²) in [4.78, 5) is 27.6. The minimum absolute atomic E-state index is 0.0356. The SMILES string of the molecule is CCOc1cc(/C=C2/C(=O)N(Cc3ccc(OC)cc3)C(=O)C(C#N)=C2C)ccc1OCc1ccccc1. The van der Waals surface area contributed by atoms with E-state index in [4.69, 9.17) is 14.2 Å². The first kappa shape index (κ1) is 26.2. The number of imide groups is 1. The van der Waals surface area contributed by atoms with Crippen molar-refractivity contribution in [1.82, 2.24) is 4.90 Å². The summed E-state index contributed by atoms with van der Waals surface area (Å²) < 4.78 is 17.0. The van der Waals surface area contributed by atoms with Crippen LogP contribution in [0.5, 0.6) is 17.2 Å². The molecule has 1 aliphatic rings. The molecule has 0 fully saturated rings. The monoisotopic (exact) mass is 508 g/mol. The molecule has 7 heteroatoms. The van der Waals surface area contributed by atoms with E-state index in [1.165, 1.54) is 0 Å². The Bertz CT molecular complexity index is 1430. The minimum atomic E-state index is -0.609. The topological polar surface area (TPSA) is 88.9 Å². The standard InChI is InChI=1S/C31H28N2O5/c1-4-37-29-17-24(12-15-28(29)38-20-23-8-6-5-7-9-23)16-26-21(2)27(18-32)31(35)33(30(26)34)19-22-10-13-25(36-3)14-11-22/h5-17H,4,19-20H2,1-3H3/b26-16+. The fourth-order valence-corrected chi connectivity index (χ4v) is 4.09. The number of methoxy groups -OCH3 is 1. The molecule has 0 atom stereocenters. The zero-order chi connectivity index (χ0) is 27.1. The van der Waals surface area contributed by atoms with Gasteiger partial charge in [-0.25, -0.2) is 0 Å². The van der Waals surface area contributed by atoms with Crippen LogP contribution >= 0.6 is 0 Å². The molecule has 0 aliphatic carbocycles. The van der Waals surface area contributed by atoms with E-state index in [0.29, 0.717) is 41.6 Å². The molecule has 192 valence electrons. The van der Waals surface area contributed by atoms with Gasteiger partial charge in [0.25, 0.3) is 11.8 Å². The molecule has 38 heavy (non-hydrogen) atoms. The molecular weight excluding hydrogens is 480 g/mol. The Morgan fingerprint density at radius 3 is 2.29 bits per heavy atom. The number of ether oxygens (including phenoxy) is 3. The molecule has 0 aromatic heterocycles. The summed E-state index contributed by atoms with van der Waals surface area (Å²) >= 11 is 0. The Labute approximate surface area is 222 Å². The van der Waals surface area contributed by atoms with E-state index in [2.05, 4.69) is 0 Å². The van der Waals surface area contributed by atoms with Crippen molar-refractivity contribution in [2.45, 2.75) is 27.0 Å². The fraction of sp³-hybridized carbons (Fsp3) is 0.194. The van der Waals surface area contributed by atoms with Gasteiger partial charge in [0.1, 0.15) is 24.0 Å². The van der Waals surface area contributed by atoms with Gasteiger partial charge in [0.2, 0.25) is 0 Å². The van der Waals surface area contributed by atoms with E-state index in [9.17, 15) is 14.9 Å². The smallest absolute Gasteiger partial charge is 0.271 e. The Morgan fingerprint density at radius 2 is 1.63 bits per heavy atom. The van der Waals surface area contributed by atoms with Crippen LogP contribution < -0.4 is 14.2 Å². The lowest BCUT2D eigenvalue weighted by molar-refractivity contribution is -0.141. The molecule has 4 rings (SSSR count). The van der Waals surface area contributed by atoms with Gasteiger partial charge in [0, 0.05) is 5.57 Å². The highest BCUT2D eigenvalue weighted by atomic mass is 16.5. The van der Waals surface area contributed by atoms with Crippen LogP contribution in [0.25, 0.3) is 6.08 Å². The van der Waals surface area contributed by atoms with Crippen molar-refractivity contribution >= 4 is 17.9 Å². The summed E-state index contributed by atoms with van der Waals surface area (Å²) in [7, 11) is 1.56. The Hall–Kier alpha value is -4.83. The zero-order valence-electron chi connectivity index (χ0n) is 21.6. The highest BCUT2D eigenvalue weighted by Gasteiger charge is 2.35. The van der Waals surface area contributed by atoms with E-state index in [1.54, 1.807) is 56.5 Å². The molecule has 7 nitrogen and oxygen atoms in total. The molecule has 0 saturated heterocycles. The van der Waals surface area contributed by atoms with Gasteiger partial charge >= 0.3 is 0 Å². The molecule has 0 unspecified atom stereocenters. The fourth-order valence-electron chi connectivity index (χ4n) is 4.09. The molecule has 1 heterocycles. The van der Waals surface area contributed by atoms with E-state index in [-0.39, 0.29) is 17.7 Å². The molecule has 0 spiro atoms. The third-order valence-electron chi connectivity index (χ3n) is 6.14. The molecule has 0 saturated carbocycles. The van der Waals surface area contributed by atoms with Gasteiger partial charge in [0.15, 0.2) is 11.5 Å². The van der Waals surface area contributed by atoms with Crippen molar-refractivity contribution in [2.24, 2.45) is 0 Å². The number of amides is 2. The highest BCUT2D eigenvalue weighted by Crippen LogP contribution is 2.33. The molecule has 0 bridgehead atoms. The number of carbonyl (C=O) groups is 2. The summed E-state index contributed by atoms with van der Waals surface area (Å²) in [6, 6.07) is 24.3. The predicted molar refractivity (Wildman–Crippen MR) is 143 cm³/mol. The molecule has 0 N–H and O–H groups in total. The summed E-state index contributed by atoms with van der Waals surface area (Å²) in [5.74, 6) is 0.705. The van der Waals surface area contributed by atoms with Crippen LogP contribution in [0, 0.1) is 11.3 Å². The van der Waals surface area contributed by atoms with Crippen LogP contribution in [0.3, 0.4) is 0 Å². The van der Waals surface area contributed by atoms with Crippen LogP contribution in [-0.4, -0.2) is 30.4 Å². The van der Waals surface area contributed by atoms with Crippen molar-refractivity contribution in [3.05, 3.63) is 106 Å². The van der Waals surface area contributed by atoms with E-state index >= 15 is 0 Å². The number of nitriles is 1. The number of nitrogens with zero attached hydrogens (tertiary/aromatic N) is 2. The van der Waals surface area contributed by atoms with Crippen LogP contribution in [0.2, 0.25) is 0 Å². The van der Waals surface area contributed by atoms with Crippen molar-refractivity contribution in [3.63, 3.8) is 0 Å². The number of hydrogen-bond donors (Lipinski definition) is 0. The Balaban J connectivity index is 1.64. The summed E-state index contributed by atoms with van der Waals surface area (Å²) in [5, 5.41) is 9.71. The average Bonchev–Trinajstić information content (AvgIpc) is 2.94. The van der Waals surface area contributed by atoms with Crippen molar-refractivity contribution in [1.29, 1.82) is 5.26 Å². The average molecular weight is 509 g/mol. The van der Waals surface area contributed by atoms with Crippen LogP contribution in [-0.2, 0) is 22.7 Å². The third kappa shape index (κ3) is 5.76. The van der Waals surface area contributed by atoms with E-state index in [0.717, 1.165) is 16.0 Å². The molecular formula is C31H28N2O5. The van der Waals surface area contributed by atoms with Crippen molar-refractivity contribution in [3.8, 4) is 23.3 Å². The van der Waals surface area contributed by atoms with Gasteiger partial charge < -0.3 is 14.2 Å². The van der Waals surface area contributed by atoms with Gasteiger partial charge in [-0.05, 0) is 66.5 Å². The second kappa shape index (κ2) is 11.9. The maximum Gasteiger partial charge on any atom is 0.271 e. The summed E-state index contributed by atoms with van der Waals surface area (Å²) in [6.45, 7) is 4.35. The number of hydrogen-bond acceptors (Lipinski definition) is 6. The van der Waals surface area contributed by atoms with E-state index < -0.39 is 11.8 Å². The maximum absolute atomic E-state index is 13.5. The molecule has 3 aromatic carbocycles. The highest BCUT2D eigenvalue weighted by molar-refractivity contribution is 6.19. The van der Waals surface area contributed by atoms with Crippen molar-refractivity contribution in [2.75, 3.05) is 13.7 Å². The predicted octanol–water partition coefficient (Wildman–Crippen LogP) is 5.47. The maximum atomic E-state index is 13.5. The number of benzene rings is 3. The van der Waals surface area contributed by atoms with Gasteiger partial charge in [-0.1, -0.05) is 48.5 Å². The lowest BCUT2D eigenvalue weighted by Gasteiger charge is -2.27. The number of carbonyl (C=O) groups excluding carboxylic acids is 2. The van der Waals surface area contributed by atoms with Crippen LogP contribution in [0.15, 0.2) is 89.5 Å². The van der Waals surface area contributed by atoms with Crippen molar-refractivity contribution < 1.29 is 23.8 Å². The Morgan fingerprint density at radius 1 is 0.895 bits per heavy atom. The molecule has 2 amide bonds. The normalized spacial score (nSPS) is 14.5. The van der Waals surface area contributed by atoms with Gasteiger partial charge in [0.05, 0.1) is 20.3 Å². The second-order valence-electron chi connectivity index (χ2n) is 8.63. The molecule has 0 radical (unpaired) electrons. The summed E-state index contributed by atoms with van der Waals surface area (Å²) in [6.07, 6.45) is 1.67. The molecule has 1 aliphatic heterocycles. The first-order valence-corrected chi connectivity index (χ1v) is 12.2. The first-order valence-electron chi connectivity index (χ1n) is 12.2. The van der Waals surface area contributed by atoms with Gasteiger partial charge in [-0.15, -0.1) is 0 Å². The van der Waals surface area contributed by atoms with E-state index in [1.807, 2.05) is 49.4 Å². The number of rotatable bonds is 9.